The number of amides is 1. The highest BCUT2D eigenvalue weighted by Gasteiger charge is 2.29. The van der Waals surface area contributed by atoms with Crippen molar-refractivity contribution in [3.63, 3.8) is 0 Å². The van der Waals surface area contributed by atoms with Crippen molar-refractivity contribution in [3.05, 3.63) is 30.1 Å². The Hall–Kier alpha value is -1.99. The van der Waals surface area contributed by atoms with Crippen LogP contribution in [0.1, 0.15) is 17.4 Å². The number of esters is 1. The highest BCUT2D eigenvalue weighted by atomic mass is 16.5. The lowest BCUT2D eigenvalue weighted by atomic mass is 10.2. The van der Waals surface area contributed by atoms with Crippen molar-refractivity contribution in [2.24, 2.45) is 5.84 Å². The van der Waals surface area contributed by atoms with Gasteiger partial charge in [0, 0.05) is 6.20 Å². The van der Waals surface area contributed by atoms with E-state index in [0.29, 0.717) is 5.01 Å². The Morgan fingerprint density at radius 3 is 2.78 bits per heavy atom. The van der Waals surface area contributed by atoms with Crippen molar-refractivity contribution in [2.75, 3.05) is 13.2 Å². The molecule has 7 nitrogen and oxygen atoms in total. The largest absolute Gasteiger partial charge is 0.464 e. The van der Waals surface area contributed by atoms with Gasteiger partial charge in [-0.05, 0) is 19.1 Å². The predicted octanol–water partition coefficient (Wildman–Crippen LogP) is -0.678. The van der Waals surface area contributed by atoms with Crippen LogP contribution in [-0.2, 0) is 9.53 Å². The second-order valence-corrected chi connectivity index (χ2v) is 3.38. The second-order valence-electron chi connectivity index (χ2n) is 3.38. The fourth-order valence-electron chi connectivity index (χ4n) is 1.28. The number of aliphatic hydroxyl groups is 1. The lowest BCUT2D eigenvalue weighted by molar-refractivity contribution is -0.150. The van der Waals surface area contributed by atoms with Crippen LogP contribution >= 0.6 is 0 Å². The highest BCUT2D eigenvalue weighted by Crippen LogP contribution is 2.03. The molecule has 0 fully saturated rings. The Morgan fingerprint density at radius 1 is 1.56 bits per heavy atom. The van der Waals surface area contributed by atoms with Crippen molar-refractivity contribution in [1.29, 1.82) is 0 Å². The first kappa shape index (κ1) is 14.1. The average molecular weight is 253 g/mol. The van der Waals surface area contributed by atoms with Gasteiger partial charge in [-0.25, -0.2) is 10.6 Å². The van der Waals surface area contributed by atoms with Crippen molar-refractivity contribution in [1.82, 2.24) is 9.99 Å². The van der Waals surface area contributed by atoms with E-state index < -0.39 is 24.5 Å². The highest BCUT2D eigenvalue weighted by molar-refractivity contribution is 5.94. The summed E-state index contributed by atoms with van der Waals surface area (Å²) in [5.41, 5.74) is 0.0859. The zero-order valence-corrected chi connectivity index (χ0v) is 9.94. The summed E-state index contributed by atoms with van der Waals surface area (Å²) in [6, 6.07) is 3.49. The third kappa shape index (κ3) is 3.25. The van der Waals surface area contributed by atoms with Gasteiger partial charge < -0.3 is 9.84 Å². The lowest BCUT2D eigenvalue weighted by Gasteiger charge is -2.23. The number of hydrazine groups is 1. The molecule has 1 amide bonds. The van der Waals surface area contributed by atoms with Crippen LogP contribution in [0, 0.1) is 0 Å². The molecule has 0 aliphatic carbocycles. The number of ether oxygens (including phenoxy) is 1. The smallest absolute Gasteiger partial charge is 0.332 e. The van der Waals surface area contributed by atoms with Crippen LogP contribution in [0.3, 0.4) is 0 Å². The van der Waals surface area contributed by atoms with E-state index in [2.05, 4.69) is 4.98 Å². The monoisotopic (exact) mass is 253 g/mol. The maximum Gasteiger partial charge on any atom is 0.332 e. The number of nitrogens with zero attached hydrogens (tertiary/aromatic N) is 2. The Labute approximate surface area is 104 Å². The van der Waals surface area contributed by atoms with Crippen molar-refractivity contribution in [3.8, 4) is 0 Å². The molecule has 98 valence electrons. The summed E-state index contributed by atoms with van der Waals surface area (Å²) in [5.74, 6) is 4.10. The normalized spacial score (nSPS) is 11.7. The zero-order chi connectivity index (χ0) is 13.5. The first-order valence-electron chi connectivity index (χ1n) is 5.38. The Balaban J connectivity index is 2.81. The van der Waals surface area contributed by atoms with Crippen LogP contribution in [0.5, 0.6) is 0 Å². The van der Waals surface area contributed by atoms with Gasteiger partial charge in [0.2, 0.25) is 0 Å². The lowest BCUT2D eigenvalue weighted by Crippen LogP contribution is -2.52. The summed E-state index contributed by atoms with van der Waals surface area (Å²) < 4.78 is 4.71. The van der Waals surface area contributed by atoms with Crippen molar-refractivity contribution < 1.29 is 19.4 Å². The zero-order valence-electron chi connectivity index (χ0n) is 9.94. The van der Waals surface area contributed by atoms with Crippen LogP contribution in [0.4, 0.5) is 0 Å². The maximum atomic E-state index is 11.9. The summed E-state index contributed by atoms with van der Waals surface area (Å²) >= 11 is 0. The second kappa shape index (κ2) is 6.67. The van der Waals surface area contributed by atoms with Gasteiger partial charge in [0.25, 0.3) is 5.91 Å². The van der Waals surface area contributed by atoms with E-state index in [9.17, 15) is 9.59 Å². The van der Waals surface area contributed by atoms with Gasteiger partial charge in [-0.1, -0.05) is 6.07 Å². The first-order valence-corrected chi connectivity index (χ1v) is 5.38. The number of rotatable bonds is 5. The summed E-state index contributed by atoms with van der Waals surface area (Å²) in [6.07, 6.45) is 1.43. The van der Waals surface area contributed by atoms with E-state index >= 15 is 0 Å². The molecule has 3 N–H and O–H groups in total. The molecule has 0 aliphatic heterocycles. The molecule has 1 aromatic heterocycles. The van der Waals surface area contributed by atoms with Gasteiger partial charge in [0.05, 0.1) is 13.2 Å². The van der Waals surface area contributed by atoms with Crippen molar-refractivity contribution in [2.45, 2.75) is 13.0 Å². The van der Waals surface area contributed by atoms with Gasteiger partial charge in [-0.3, -0.25) is 14.8 Å². The number of aromatic nitrogens is 1. The van der Waals surface area contributed by atoms with E-state index in [1.54, 1.807) is 19.1 Å². The Kier molecular flexibility index (Phi) is 5.22. The third-order valence-electron chi connectivity index (χ3n) is 2.19. The molecular formula is C11H15N3O4. The first-order chi connectivity index (χ1) is 8.61. The van der Waals surface area contributed by atoms with E-state index in [4.69, 9.17) is 15.7 Å². The molecular weight excluding hydrogens is 238 g/mol. The van der Waals surface area contributed by atoms with Gasteiger partial charge in [-0.2, -0.15) is 0 Å². The van der Waals surface area contributed by atoms with Gasteiger partial charge in [0.1, 0.15) is 5.69 Å². The fourth-order valence-corrected chi connectivity index (χ4v) is 1.28. The Bertz CT molecular complexity index is 410. The van der Waals surface area contributed by atoms with E-state index in [1.165, 1.54) is 12.3 Å². The minimum Gasteiger partial charge on any atom is -0.464 e. The molecule has 0 bridgehead atoms. The summed E-state index contributed by atoms with van der Waals surface area (Å²) in [5, 5.41) is 9.72. The topological polar surface area (TPSA) is 106 Å². The molecule has 0 spiro atoms. The minimum atomic E-state index is -1.24. The molecule has 0 saturated heterocycles. The maximum absolute atomic E-state index is 11.9. The quantitative estimate of drug-likeness (QED) is 0.312. The molecule has 7 heteroatoms. The molecule has 0 aromatic carbocycles. The van der Waals surface area contributed by atoms with E-state index in [0.717, 1.165) is 0 Å². The standard InChI is InChI=1S/C11H15N3O4/c1-2-18-11(17)9(7-15)14(12)10(16)8-5-3-4-6-13-8/h3-6,9,15H,2,7,12H2,1H3. The number of hydrogen-bond acceptors (Lipinski definition) is 6. The van der Waals surface area contributed by atoms with Crippen LogP contribution < -0.4 is 5.84 Å². The van der Waals surface area contributed by atoms with Crippen LogP contribution in [0.25, 0.3) is 0 Å². The van der Waals surface area contributed by atoms with Gasteiger partial charge >= 0.3 is 5.97 Å². The third-order valence-corrected chi connectivity index (χ3v) is 2.19. The number of carbonyl (C=O) groups excluding carboxylic acids is 2. The predicted molar refractivity (Wildman–Crippen MR) is 62.1 cm³/mol. The molecule has 1 atom stereocenters. The number of aliphatic hydroxyl groups excluding tert-OH is 1. The van der Waals surface area contributed by atoms with E-state index in [1.807, 2.05) is 0 Å². The summed E-state index contributed by atoms with van der Waals surface area (Å²) in [4.78, 5) is 27.2. The molecule has 0 radical (unpaired) electrons. The molecule has 0 saturated carbocycles. The Morgan fingerprint density at radius 2 is 2.28 bits per heavy atom. The van der Waals surface area contributed by atoms with Crippen molar-refractivity contribution >= 4 is 11.9 Å². The summed E-state index contributed by atoms with van der Waals surface area (Å²) in [6.45, 7) is 1.14. The fraction of sp³-hybridized carbons (Fsp3) is 0.364. The van der Waals surface area contributed by atoms with Crippen LogP contribution in [0.15, 0.2) is 24.4 Å². The number of carbonyl (C=O) groups is 2. The van der Waals surface area contributed by atoms with E-state index in [-0.39, 0.29) is 12.3 Å². The van der Waals surface area contributed by atoms with Crippen LogP contribution in [-0.4, -0.2) is 46.2 Å². The van der Waals surface area contributed by atoms with Gasteiger partial charge in [0.15, 0.2) is 6.04 Å². The van der Waals surface area contributed by atoms with Gasteiger partial charge in [-0.15, -0.1) is 0 Å². The summed E-state index contributed by atoms with van der Waals surface area (Å²) in [7, 11) is 0. The van der Waals surface area contributed by atoms with Crippen LogP contribution in [0.2, 0.25) is 0 Å². The number of pyridine rings is 1. The molecule has 0 aliphatic rings. The number of hydrogen-bond donors (Lipinski definition) is 2. The minimum absolute atomic E-state index is 0.0859. The molecule has 1 rings (SSSR count). The molecule has 1 heterocycles. The SMILES string of the molecule is CCOC(=O)C(CO)N(N)C(=O)c1ccccn1. The average Bonchev–Trinajstić information content (AvgIpc) is 2.40. The molecule has 1 aromatic rings. The molecule has 18 heavy (non-hydrogen) atoms. The molecule has 1 unspecified atom stereocenters. The number of nitrogens with two attached hydrogens (primary N) is 1.